The summed E-state index contributed by atoms with van der Waals surface area (Å²) in [6, 6.07) is 74.2. The first-order valence-electron chi connectivity index (χ1n) is 26.6. The van der Waals surface area contributed by atoms with Crippen molar-refractivity contribution in [1.29, 1.82) is 0 Å². The predicted molar refractivity (Wildman–Crippen MR) is 338 cm³/mol. The van der Waals surface area contributed by atoms with Gasteiger partial charge in [-0.25, -0.2) is 0 Å². The average molecular weight is 1030 g/mol. The van der Waals surface area contributed by atoms with E-state index in [-0.39, 0.29) is 11.8 Å². The highest BCUT2D eigenvalue weighted by atomic mass is 31.0. The largest absolute Gasteiger partial charge is 0.454 e. The number of aryl methyl sites for hydroxylation is 1. The zero-order chi connectivity index (χ0) is 52.6. The molecule has 0 saturated heterocycles. The number of furan rings is 2. The number of fused-ring (bicyclic) bond motifs is 9. The summed E-state index contributed by atoms with van der Waals surface area (Å²) in [7, 11) is 6.20. The zero-order valence-electron chi connectivity index (χ0n) is 43.9. The van der Waals surface area contributed by atoms with Gasteiger partial charge in [-0.15, -0.1) is 18.5 Å². The first-order chi connectivity index (χ1) is 37.6. The molecule has 0 saturated carbocycles. The molecule has 13 aromatic rings. The van der Waals surface area contributed by atoms with Crippen molar-refractivity contribution < 1.29 is 8.83 Å². The summed E-state index contributed by atoms with van der Waals surface area (Å²) in [4.78, 5) is 4.95. The van der Waals surface area contributed by atoms with Crippen molar-refractivity contribution in [3.8, 4) is 22.3 Å². The molecule has 0 spiro atoms. The summed E-state index contributed by atoms with van der Waals surface area (Å²) in [5.41, 5.74) is 18.7. The summed E-state index contributed by atoms with van der Waals surface area (Å²) < 4.78 is 14.0. The predicted octanol–water partition coefficient (Wildman–Crippen LogP) is 20.3. The average Bonchev–Trinajstić information content (AvgIpc) is 4.07. The molecule has 0 aliphatic carbocycles. The highest BCUT2D eigenvalue weighted by Crippen LogP contribution is 2.53. The van der Waals surface area contributed by atoms with Crippen LogP contribution >= 0.6 is 18.5 Å². The maximum Gasteiger partial charge on any atom is 0.159 e. The molecular formula is C71H58N2O2P2. The van der Waals surface area contributed by atoms with Gasteiger partial charge in [0.05, 0.1) is 34.1 Å². The molecule has 11 aromatic carbocycles. The van der Waals surface area contributed by atoms with Crippen LogP contribution in [-0.4, -0.2) is 0 Å². The number of anilines is 6. The number of para-hydroxylation sites is 6. The van der Waals surface area contributed by atoms with Crippen LogP contribution in [0.25, 0.3) is 93.8 Å². The van der Waals surface area contributed by atoms with Crippen molar-refractivity contribution >= 4 is 135 Å². The molecule has 2 heterocycles. The van der Waals surface area contributed by atoms with Gasteiger partial charge in [-0.1, -0.05) is 210 Å². The Morgan fingerprint density at radius 2 is 0.857 bits per heavy atom. The van der Waals surface area contributed by atoms with Crippen molar-refractivity contribution in [3.05, 3.63) is 235 Å². The number of hydrogen-bond donors (Lipinski definition) is 0. The molecule has 0 aliphatic rings. The minimum absolute atomic E-state index is 0.156. The molecule has 374 valence electrons. The third-order valence-corrected chi connectivity index (χ3v) is 16.6. The van der Waals surface area contributed by atoms with Crippen LogP contribution in [0.2, 0.25) is 0 Å². The lowest BCUT2D eigenvalue weighted by molar-refractivity contribution is 0.669. The fraction of sp³-hybridized carbons (Fsp3) is 0.0986. The molecule has 0 bridgehead atoms. The minimum atomic E-state index is 0.156. The quantitative estimate of drug-likeness (QED) is 0.0955. The molecule has 2 unspecified atom stereocenters. The SMILES string of the molecule is C=Cc1c(N(c2c(P)cccc2-c2ccccc2)c2cccc3c2oc2ccccc23)cc(C(C)C)c2ccc3c(N(c4c(P)cccc4-c4ccccc4)c4cccc5c4oc4ccccc45)cc(C(C)C)c(C)c3c12. The molecule has 2 aromatic heterocycles. The van der Waals surface area contributed by atoms with Gasteiger partial charge in [0.25, 0.3) is 0 Å². The molecule has 0 radical (unpaired) electrons. The fourth-order valence-electron chi connectivity index (χ4n) is 12.2. The molecule has 0 N–H and O–H groups in total. The van der Waals surface area contributed by atoms with Crippen LogP contribution in [-0.2, 0) is 0 Å². The lowest BCUT2D eigenvalue weighted by Gasteiger charge is -2.34. The molecule has 77 heavy (non-hydrogen) atoms. The lowest BCUT2D eigenvalue weighted by Crippen LogP contribution is -2.19. The Hall–Kier alpha value is -8.26. The normalized spacial score (nSPS) is 11.9. The van der Waals surface area contributed by atoms with E-state index in [9.17, 15) is 0 Å². The highest BCUT2D eigenvalue weighted by molar-refractivity contribution is 7.28. The van der Waals surface area contributed by atoms with Gasteiger partial charge in [-0.3, -0.25) is 0 Å². The smallest absolute Gasteiger partial charge is 0.159 e. The van der Waals surface area contributed by atoms with Crippen LogP contribution < -0.4 is 20.4 Å². The highest BCUT2D eigenvalue weighted by Gasteiger charge is 2.31. The van der Waals surface area contributed by atoms with E-state index in [4.69, 9.17) is 15.4 Å². The molecule has 0 fully saturated rings. The van der Waals surface area contributed by atoms with E-state index in [0.717, 1.165) is 127 Å². The molecule has 0 aliphatic heterocycles. The Morgan fingerprint density at radius 1 is 0.416 bits per heavy atom. The van der Waals surface area contributed by atoms with Crippen LogP contribution in [0.3, 0.4) is 0 Å². The van der Waals surface area contributed by atoms with Crippen LogP contribution in [0.15, 0.2) is 222 Å². The second kappa shape index (κ2) is 19.4. The Labute approximate surface area is 454 Å². The van der Waals surface area contributed by atoms with E-state index >= 15 is 0 Å². The van der Waals surface area contributed by atoms with E-state index < -0.39 is 0 Å². The van der Waals surface area contributed by atoms with Gasteiger partial charge in [0.1, 0.15) is 11.2 Å². The standard InChI is InChI=1S/C71H58N2O2P2/c1-7-47-60(72(68-48(28-20-36-64(68)76)45-22-10-8-11-23-45)58-32-18-30-53-50-26-14-16-34-62(50)74-70(53)58)41-57(43(4)5)52-38-39-55-61(40-56(42(2)3)44(6)66(55)67(47)52)73(69-49(29-21-37-65(69)77)46-24-12-9-13-25-46)59-33-19-31-54-51-27-15-17-35-63(51)75-71(54)59/h7-43H,1,76-77H2,2-6H3. The second-order valence-corrected chi connectivity index (χ2v) is 22.1. The second-order valence-electron chi connectivity index (χ2n) is 20.8. The van der Waals surface area contributed by atoms with Crippen molar-refractivity contribution in [2.24, 2.45) is 0 Å². The molecule has 13 rings (SSSR count). The first kappa shape index (κ1) is 48.4. The fourth-order valence-corrected chi connectivity index (χ4v) is 13.0. The van der Waals surface area contributed by atoms with Gasteiger partial charge < -0.3 is 18.6 Å². The molecular weight excluding hydrogens is 975 g/mol. The first-order valence-corrected chi connectivity index (χ1v) is 27.7. The molecule has 2 atom stereocenters. The maximum absolute atomic E-state index is 7.01. The summed E-state index contributed by atoms with van der Waals surface area (Å²) in [5.74, 6) is 0.334. The summed E-state index contributed by atoms with van der Waals surface area (Å²) in [6.45, 7) is 16.4. The number of hydrogen-bond acceptors (Lipinski definition) is 4. The van der Waals surface area contributed by atoms with Crippen molar-refractivity contribution in [2.75, 3.05) is 9.80 Å². The minimum Gasteiger partial charge on any atom is -0.454 e. The maximum atomic E-state index is 7.01. The van der Waals surface area contributed by atoms with Gasteiger partial charge in [0.2, 0.25) is 0 Å². The van der Waals surface area contributed by atoms with Crippen molar-refractivity contribution in [1.82, 2.24) is 0 Å². The molecule has 6 heteroatoms. The summed E-state index contributed by atoms with van der Waals surface area (Å²) >= 11 is 0. The van der Waals surface area contributed by atoms with E-state index in [0.29, 0.717) is 0 Å². The van der Waals surface area contributed by atoms with Crippen LogP contribution in [0, 0.1) is 6.92 Å². The van der Waals surface area contributed by atoms with E-state index in [1.54, 1.807) is 0 Å². The van der Waals surface area contributed by atoms with Crippen LogP contribution in [0.4, 0.5) is 34.1 Å². The van der Waals surface area contributed by atoms with Gasteiger partial charge in [0.15, 0.2) is 11.2 Å². The lowest BCUT2D eigenvalue weighted by atomic mass is 9.84. The molecule has 4 nitrogen and oxygen atoms in total. The van der Waals surface area contributed by atoms with Crippen molar-refractivity contribution in [3.63, 3.8) is 0 Å². The van der Waals surface area contributed by atoms with Gasteiger partial charge in [0, 0.05) is 43.6 Å². The number of nitrogens with zero attached hydrogens (tertiary/aromatic N) is 2. The van der Waals surface area contributed by atoms with Gasteiger partial charge in [-0.05, 0) is 110 Å². The number of rotatable bonds is 11. The molecule has 0 amide bonds. The number of benzene rings is 11. The topological polar surface area (TPSA) is 32.8 Å². The van der Waals surface area contributed by atoms with Crippen LogP contribution in [0.1, 0.15) is 61.8 Å². The monoisotopic (exact) mass is 1030 g/mol. The Balaban J connectivity index is 1.20. The summed E-state index contributed by atoms with van der Waals surface area (Å²) in [6.07, 6.45) is 2.10. The Morgan fingerprint density at radius 3 is 1.36 bits per heavy atom. The van der Waals surface area contributed by atoms with Crippen LogP contribution in [0.5, 0.6) is 0 Å². The zero-order valence-corrected chi connectivity index (χ0v) is 46.2. The third kappa shape index (κ3) is 7.88. The Kier molecular flexibility index (Phi) is 12.2. The van der Waals surface area contributed by atoms with E-state index in [1.165, 1.54) is 27.5 Å². The Bertz CT molecular complexity index is 4470. The van der Waals surface area contributed by atoms with Gasteiger partial charge in [-0.2, -0.15) is 0 Å². The summed E-state index contributed by atoms with van der Waals surface area (Å²) in [5, 5.41) is 11.1. The van der Waals surface area contributed by atoms with E-state index in [1.807, 2.05) is 6.07 Å². The third-order valence-electron chi connectivity index (χ3n) is 15.7. The van der Waals surface area contributed by atoms with E-state index in [2.05, 4.69) is 269 Å². The van der Waals surface area contributed by atoms with Crippen molar-refractivity contribution in [2.45, 2.75) is 46.5 Å². The van der Waals surface area contributed by atoms with Gasteiger partial charge >= 0.3 is 0 Å².